The van der Waals surface area contributed by atoms with Gasteiger partial charge in [-0.15, -0.1) is 0 Å². The van der Waals surface area contributed by atoms with E-state index in [4.69, 9.17) is 11.6 Å². The molecule has 2 heterocycles. The average molecular weight is 267 g/mol. The van der Waals surface area contributed by atoms with Crippen LogP contribution in [0.5, 0.6) is 0 Å². The van der Waals surface area contributed by atoms with E-state index in [9.17, 15) is 5.11 Å². The molecular weight excluding hydrogens is 252 g/mol. The maximum atomic E-state index is 10.4. The first-order valence-electron chi connectivity index (χ1n) is 5.54. The van der Waals surface area contributed by atoms with E-state index in [1.807, 2.05) is 7.05 Å². The van der Waals surface area contributed by atoms with Gasteiger partial charge in [0.25, 0.3) is 0 Å². The summed E-state index contributed by atoms with van der Waals surface area (Å²) >= 11 is 5.98. The van der Waals surface area contributed by atoms with Crippen LogP contribution in [0.2, 0.25) is 5.02 Å². The molecule has 1 atom stereocenters. The van der Waals surface area contributed by atoms with Gasteiger partial charge < -0.3 is 10.4 Å². The van der Waals surface area contributed by atoms with Crippen LogP contribution < -0.4 is 5.32 Å². The molecule has 2 N–H and O–H groups in total. The lowest BCUT2D eigenvalue weighted by Gasteiger charge is -2.23. The van der Waals surface area contributed by atoms with Crippen molar-refractivity contribution in [1.29, 1.82) is 0 Å². The summed E-state index contributed by atoms with van der Waals surface area (Å²) < 4.78 is 1.66. The van der Waals surface area contributed by atoms with E-state index in [1.165, 1.54) is 0 Å². The second kappa shape index (κ2) is 4.96. The molecule has 0 aromatic carbocycles. The molecule has 0 saturated heterocycles. The van der Waals surface area contributed by atoms with Crippen molar-refractivity contribution in [3.8, 4) is 0 Å². The van der Waals surface area contributed by atoms with E-state index in [0.717, 1.165) is 11.3 Å². The summed E-state index contributed by atoms with van der Waals surface area (Å²) in [6, 6.07) is 1.77. The van der Waals surface area contributed by atoms with E-state index >= 15 is 0 Å². The van der Waals surface area contributed by atoms with E-state index in [-0.39, 0.29) is 0 Å². The van der Waals surface area contributed by atoms with Gasteiger partial charge >= 0.3 is 0 Å². The Balaban J connectivity index is 2.08. The first-order chi connectivity index (χ1) is 8.49. The van der Waals surface area contributed by atoms with Crippen LogP contribution in [0, 0.1) is 0 Å². The van der Waals surface area contributed by atoms with Crippen molar-refractivity contribution in [3.63, 3.8) is 0 Å². The smallest absolute Gasteiger partial charge is 0.107 e. The number of anilines is 1. The molecule has 1 unspecified atom stereocenters. The minimum Gasteiger partial charge on any atom is -0.383 e. The van der Waals surface area contributed by atoms with Crippen molar-refractivity contribution < 1.29 is 5.11 Å². The van der Waals surface area contributed by atoms with Gasteiger partial charge in [-0.2, -0.15) is 5.10 Å². The van der Waals surface area contributed by atoms with Crippen molar-refractivity contribution in [2.24, 2.45) is 7.05 Å². The molecule has 96 valence electrons. The molecule has 18 heavy (non-hydrogen) atoms. The lowest BCUT2D eigenvalue weighted by molar-refractivity contribution is 0.0714. The number of hydrogen-bond acceptors (Lipinski definition) is 4. The second-order valence-electron chi connectivity index (χ2n) is 4.39. The number of nitrogens with one attached hydrogen (secondary N) is 1. The standard InChI is InChI=1S/C12H15ClN4O/c1-12(18,9-5-16-17(2)7-9)8-15-11-3-4-14-6-10(11)13/h3-7,18H,8H2,1-2H3,(H,14,15). The minimum absolute atomic E-state index is 0.336. The highest BCUT2D eigenvalue weighted by Crippen LogP contribution is 2.23. The number of aliphatic hydroxyl groups is 1. The minimum atomic E-state index is -1.01. The molecule has 0 spiro atoms. The van der Waals surface area contributed by atoms with Gasteiger partial charge in [-0.05, 0) is 13.0 Å². The topological polar surface area (TPSA) is 63.0 Å². The molecule has 5 nitrogen and oxygen atoms in total. The van der Waals surface area contributed by atoms with E-state index in [0.29, 0.717) is 11.6 Å². The fraction of sp³-hybridized carbons (Fsp3) is 0.333. The lowest BCUT2D eigenvalue weighted by Crippen LogP contribution is -2.30. The molecule has 0 aliphatic rings. The normalized spacial score (nSPS) is 14.2. The molecular formula is C12H15ClN4O. The number of aromatic nitrogens is 3. The lowest BCUT2D eigenvalue weighted by atomic mass is 10.00. The van der Waals surface area contributed by atoms with Gasteiger partial charge in [-0.25, -0.2) is 0 Å². The maximum absolute atomic E-state index is 10.4. The van der Waals surface area contributed by atoms with Crippen LogP contribution >= 0.6 is 11.6 Å². The summed E-state index contributed by atoms with van der Waals surface area (Å²) in [5.41, 5.74) is 0.486. The van der Waals surface area contributed by atoms with Gasteiger partial charge in [-0.1, -0.05) is 11.6 Å². The summed E-state index contributed by atoms with van der Waals surface area (Å²) in [6.07, 6.45) is 6.64. The molecule has 0 bridgehead atoms. The van der Waals surface area contributed by atoms with Crippen molar-refractivity contribution in [2.75, 3.05) is 11.9 Å². The number of hydrogen-bond donors (Lipinski definition) is 2. The summed E-state index contributed by atoms with van der Waals surface area (Å²) in [4.78, 5) is 3.90. The van der Waals surface area contributed by atoms with Gasteiger partial charge in [0.15, 0.2) is 0 Å². The number of pyridine rings is 1. The van der Waals surface area contributed by atoms with Gasteiger partial charge in [0.05, 0.1) is 16.9 Å². The van der Waals surface area contributed by atoms with Crippen LogP contribution in [0.1, 0.15) is 12.5 Å². The van der Waals surface area contributed by atoms with Crippen LogP contribution in [-0.4, -0.2) is 26.4 Å². The van der Waals surface area contributed by atoms with Crippen LogP contribution in [0.3, 0.4) is 0 Å². The van der Waals surface area contributed by atoms with Gasteiger partial charge in [0, 0.05) is 37.7 Å². The Morgan fingerprint density at radius 2 is 2.28 bits per heavy atom. The van der Waals surface area contributed by atoms with Gasteiger partial charge in [0.1, 0.15) is 5.60 Å². The summed E-state index contributed by atoms with van der Waals surface area (Å²) in [7, 11) is 1.81. The summed E-state index contributed by atoms with van der Waals surface area (Å²) in [5.74, 6) is 0. The molecule has 0 radical (unpaired) electrons. The zero-order valence-corrected chi connectivity index (χ0v) is 11.0. The quantitative estimate of drug-likeness (QED) is 0.886. The van der Waals surface area contributed by atoms with Crippen molar-refractivity contribution in [3.05, 3.63) is 41.4 Å². The Hall–Kier alpha value is -1.59. The zero-order chi connectivity index (χ0) is 13.2. The fourth-order valence-electron chi connectivity index (χ4n) is 1.59. The Bertz CT molecular complexity index is 538. The first kappa shape index (κ1) is 12.9. The molecule has 0 aliphatic heterocycles. The summed E-state index contributed by atoms with van der Waals surface area (Å²) in [6.45, 7) is 2.06. The first-order valence-corrected chi connectivity index (χ1v) is 5.92. The van der Waals surface area contributed by atoms with Crippen molar-refractivity contribution in [1.82, 2.24) is 14.8 Å². The summed E-state index contributed by atoms with van der Waals surface area (Å²) in [5, 5.41) is 18.1. The predicted molar refractivity (Wildman–Crippen MR) is 70.5 cm³/mol. The Morgan fingerprint density at radius 3 is 2.89 bits per heavy atom. The number of halogens is 1. The van der Waals surface area contributed by atoms with E-state index in [1.54, 1.807) is 42.5 Å². The molecule has 0 saturated carbocycles. The molecule has 0 amide bonds. The zero-order valence-electron chi connectivity index (χ0n) is 10.3. The highest BCUT2D eigenvalue weighted by molar-refractivity contribution is 6.33. The third-order valence-corrected chi connectivity index (χ3v) is 3.02. The van der Waals surface area contributed by atoms with Crippen LogP contribution in [0.25, 0.3) is 0 Å². The van der Waals surface area contributed by atoms with Crippen LogP contribution in [-0.2, 0) is 12.6 Å². The fourth-order valence-corrected chi connectivity index (χ4v) is 1.77. The third kappa shape index (κ3) is 2.80. The average Bonchev–Trinajstić information content (AvgIpc) is 2.76. The Labute approximate surface area is 110 Å². The van der Waals surface area contributed by atoms with Crippen LogP contribution in [0.15, 0.2) is 30.9 Å². The van der Waals surface area contributed by atoms with Crippen molar-refractivity contribution >= 4 is 17.3 Å². The molecule has 0 fully saturated rings. The monoisotopic (exact) mass is 266 g/mol. The van der Waals surface area contributed by atoms with Crippen molar-refractivity contribution in [2.45, 2.75) is 12.5 Å². The molecule has 6 heteroatoms. The highest BCUT2D eigenvalue weighted by atomic mass is 35.5. The second-order valence-corrected chi connectivity index (χ2v) is 4.79. The molecule has 2 aromatic heterocycles. The van der Waals surface area contributed by atoms with Crippen LogP contribution in [0.4, 0.5) is 5.69 Å². The number of nitrogens with zero attached hydrogens (tertiary/aromatic N) is 3. The SMILES string of the molecule is Cn1cc(C(C)(O)CNc2ccncc2Cl)cn1. The Morgan fingerprint density at radius 1 is 1.50 bits per heavy atom. The van der Waals surface area contributed by atoms with Gasteiger partial charge in [-0.3, -0.25) is 9.67 Å². The molecule has 0 aliphatic carbocycles. The number of rotatable bonds is 4. The molecule has 2 aromatic rings. The van der Waals surface area contributed by atoms with Gasteiger partial charge in [0.2, 0.25) is 0 Å². The highest BCUT2D eigenvalue weighted by Gasteiger charge is 2.24. The van der Waals surface area contributed by atoms with E-state index in [2.05, 4.69) is 15.4 Å². The number of aryl methyl sites for hydroxylation is 1. The maximum Gasteiger partial charge on any atom is 0.107 e. The third-order valence-electron chi connectivity index (χ3n) is 2.72. The molecule has 2 rings (SSSR count). The Kier molecular flexibility index (Phi) is 3.54. The largest absolute Gasteiger partial charge is 0.383 e. The van der Waals surface area contributed by atoms with E-state index < -0.39 is 5.60 Å². The predicted octanol–water partition coefficient (Wildman–Crippen LogP) is 1.79.